The number of carbonyl (C=O) groups is 1. The monoisotopic (exact) mass is 410 g/mol. The minimum absolute atomic E-state index is 0.174. The third-order valence-electron chi connectivity index (χ3n) is 4.35. The zero-order valence-corrected chi connectivity index (χ0v) is 19.5. The average Bonchev–Trinajstić information content (AvgIpc) is 2.59. The molecule has 7 heteroatoms. The zero-order valence-electron chi connectivity index (χ0n) is 17.3. The number of ether oxygens (including phenoxy) is 2. The Kier molecular flexibility index (Phi) is 9.83. The van der Waals surface area contributed by atoms with Gasteiger partial charge in [0, 0.05) is 5.57 Å². The Labute approximate surface area is 166 Å². The van der Waals surface area contributed by atoms with Crippen LogP contribution < -0.4 is 4.74 Å². The highest BCUT2D eigenvalue weighted by Crippen LogP contribution is 2.27. The maximum Gasteiger partial charge on any atom is 0.333 e. The number of rotatable bonds is 12. The number of phenols is 1. The van der Waals surface area contributed by atoms with E-state index in [0.717, 1.165) is 31.4 Å². The van der Waals surface area contributed by atoms with Crippen LogP contribution in [0.25, 0.3) is 0 Å². The van der Waals surface area contributed by atoms with Crippen LogP contribution >= 0.6 is 0 Å². The van der Waals surface area contributed by atoms with E-state index >= 15 is 0 Å². The first kappa shape index (κ1) is 23.5. The molecule has 0 heterocycles. The lowest BCUT2D eigenvalue weighted by atomic mass is 10.1. The van der Waals surface area contributed by atoms with Gasteiger partial charge in [-0.3, -0.25) is 0 Å². The molecule has 0 fully saturated rings. The van der Waals surface area contributed by atoms with Gasteiger partial charge >= 0.3 is 5.97 Å². The van der Waals surface area contributed by atoms with Crippen molar-refractivity contribution in [3.05, 3.63) is 35.9 Å². The first-order valence-electron chi connectivity index (χ1n) is 9.51. The molecule has 0 aliphatic heterocycles. The number of esters is 1. The summed E-state index contributed by atoms with van der Waals surface area (Å²) in [5, 5.41) is 9.67. The van der Waals surface area contributed by atoms with Crippen LogP contribution in [-0.2, 0) is 20.1 Å². The van der Waals surface area contributed by atoms with E-state index in [0.29, 0.717) is 17.9 Å². The van der Waals surface area contributed by atoms with Gasteiger partial charge in [0.1, 0.15) is 0 Å². The molecule has 0 aliphatic rings. The largest absolute Gasteiger partial charge is 0.504 e. The van der Waals surface area contributed by atoms with Crippen molar-refractivity contribution in [2.75, 3.05) is 13.7 Å². The highest BCUT2D eigenvalue weighted by Gasteiger charge is 2.24. The molecule has 0 bridgehead atoms. The van der Waals surface area contributed by atoms with E-state index in [9.17, 15) is 9.90 Å². The number of methoxy groups -OCH3 is 1. The molecule has 0 saturated carbocycles. The van der Waals surface area contributed by atoms with E-state index in [4.69, 9.17) is 13.6 Å². The number of aromatic hydroxyl groups is 1. The predicted molar refractivity (Wildman–Crippen MR) is 115 cm³/mol. The van der Waals surface area contributed by atoms with Crippen LogP contribution in [0.3, 0.4) is 0 Å². The van der Waals surface area contributed by atoms with Gasteiger partial charge < -0.3 is 18.7 Å². The molecule has 1 atom stereocenters. The molecule has 5 nitrogen and oxygen atoms in total. The molecular weight excluding hydrogens is 376 g/mol. The summed E-state index contributed by atoms with van der Waals surface area (Å²) in [7, 11) is -1.39. The smallest absolute Gasteiger partial charge is 0.333 e. The van der Waals surface area contributed by atoms with E-state index in [1.54, 1.807) is 20.1 Å². The van der Waals surface area contributed by atoms with Crippen LogP contribution in [0.2, 0.25) is 31.7 Å². The van der Waals surface area contributed by atoms with Gasteiger partial charge in [-0.05, 0) is 75.6 Å². The van der Waals surface area contributed by atoms with E-state index in [1.807, 2.05) is 12.1 Å². The van der Waals surface area contributed by atoms with Crippen LogP contribution in [-0.4, -0.2) is 42.2 Å². The highest BCUT2D eigenvalue weighted by molar-refractivity contribution is 6.78. The highest BCUT2D eigenvalue weighted by atomic mass is 28.4. The number of benzene rings is 1. The van der Waals surface area contributed by atoms with E-state index in [2.05, 4.69) is 26.2 Å². The Morgan fingerprint density at radius 1 is 1.30 bits per heavy atom. The SMILES string of the molecule is C=C(C)C(=O)OCCC[SiH](C)O[Si](C)(C)CCCc1ccc(O)c(OC)c1. The lowest BCUT2D eigenvalue weighted by Gasteiger charge is -2.27. The Hall–Kier alpha value is -1.58. The molecule has 1 rings (SSSR count). The lowest BCUT2D eigenvalue weighted by molar-refractivity contribution is -0.138. The molecule has 1 N–H and O–H groups in total. The van der Waals surface area contributed by atoms with E-state index < -0.39 is 17.4 Å². The fourth-order valence-electron chi connectivity index (χ4n) is 2.92. The van der Waals surface area contributed by atoms with E-state index in [-0.39, 0.29) is 11.7 Å². The van der Waals surface area contributed by atoms with Gasteiger partial charge in [0.05, 0.1) is 13.7 Å². The molecule has 0 aromatic heterocycles. The summed E-state index contributed by atoms with van der Waals surface area (Å²) < 4.78 is 16.7. The maximum absolute atomic E-state index is 11.4. The number of hydrogen-bond donors (Lipinski definition) is 1. The van der Waals surface area contributed by atoms with Gasteiger partial charge in [0.15, 0.2) is 28.9 Å². The average molecular weight is 411 g/mol. The second-order valence-corrected chi connectivity index (χ2v) is 14.8. The van der Waals surface area contributed by atoms with Crippen LogP contribution in [0.15, 0.2) is 30.4 Å². The van der Waals surface area contributed by atoms with Gasteiger partial charge in [-0.1, -0.05) is 12.6 Å². The fourth-order valence-corrected chi connectivity index (χ4v) is 9.99. The third kappa shape index (κ3) is 9.26. The lowest BCUT2D eigenvalue weighted by Crippen LogP contribution is -2.36. The summed E-state index contributed by atoms with van der Waals surface area (Å²) in [5.41, 5.74) is 1.61. The van der Waals surface area contributed by atoms with Crippen LogP contribution in [0, 0.1) is 0 Å². The topological polar surface area (TPSA) is 65.0 Å². The molecule has 1 unspecified atom stereocenters. The zero-order chi connectivity index (χ0) is 20.4. The first-order chi connectivity index (χ1) is 12.6. The molecule has 0 aliphatic carbocycles. The summed E-state index contributed by atoms with van der Waals surface area (Å²) in [4.78, 5) is 11.4. The van der Waals surface area contributed by atoms with Gasteiger partial charge in [-0.15, -0.1) is 0 Å². The molecule has 152 valence electrons. The van der Waals surface area contributed by atoms with Crippen molar-refractivity contribution >= 4 is 23.3 Å². The van der Waals surface area contributed by atoms with E-state index in [1.165, 1.54) is 5.56 Å². The van der Waals surface area contributed by atoms with Crippen LogP contribution in [0.4, 0.5) is 0 Å². The Balaban J connectivity index is 2.31. The maximum atomic E-state index is 11.4. The van der Waals surface area contributed by atoms with Crippen molar-refractivity contribution in [3.63, 3.8) is 0 Å². The van der Waals surface area contributed by atoms with Gasteiger partial charge in [0.25, 0.3) is 0 Å². The van der Waals surface area contributed by atoms with Crippen LogP contribution in [0.5, 0.6) is 11.5 Å². The molecule has 0 spiro atoms. The normalized spacial score (nSPS) is 12.5. The second-order valence-electron chi connectivity index (χ2n) is 7.61. The van der Waals surface area contributed by atoms with Gasteiger partial charge in [-0.25, -0.2) is 4.79 Å². The standard InChI is InChI=1S/C20H34O5Si2/c1-16(2)20(22)24-12-8-13-26(4)25-27(5,6)14-7-9-17-10-11-18(21)19(15-17)23-3/h10-11,15,21,26H,1,7-9,12-14H2,2-6H3. The van der Waals surface area contributed by atoms with Gasteiger partial charge in [0.2, 0.25) is 0 Å². The third-order valence-corrected chi connectivity index (χ3v) is 11.3. The Morgan fingerprint density at radius 3 is 2.63 bits per heavy atom. The van der Waals surface area contributed by atoms with Crippen molar-refractivity contribution in [2.45, 2.75) is 57.9 Å². The number of hydrogen-bond acceptors (Lipinski definition) is 5. The Morgan fingerprint density at radius 2 is 2.00 bits per heavy atom. The summed E-state index contributed by atoms with van der Waals surface area (Å²) >= 11 is 0. The summed E-state index contributed by atoms with van der Waals surface area (Å²) in [6.45, 7) is 12.4. The summed E-state index contributed by atoms with van der Waals surface area (Å²) in [6.07, 6.45) is 2.86. The van der Waals surface area contributed by atoms with Crippen molar-refractivity contribution < 1.29 is 23.5 Å². The fraction of sp³-hybridized carbons (Fsp3) is 0.550. The number of aryl methyl sites for hydroxylation is 1. The molecule has 0 amide bonds. The van der Waals surface area contributed by atoms with Crippen molar-refractivity contribution in [3.8, 4) is 11.5 Å². The summed E-state index contributed by atoms with van der Waals surface area (Å²) in [6, 6.07) is 7.63. The second kappa shape index (κ2) is 11.3. The molecule has 1 aromatic rings. The molecule has 0 radical (unpaired) electrons. The Bertz CT molecular complexity index is 631. The minimum Gasteiger partial charge on any atom is -0.504 e. The summed E-state index contributed by atoms with van der Waals surface area (Å²) in [5.74, 6) is 0.382. The van der Waals surface area contributed by atoms with Crippen LogP contribution in [0.1, 0.15) is 25.3 Å². The van der Waals surface area contributed by atoms with Crippen molar-refractivity contribution in [1.29, 1.82) is 0 Å². The number of carbonyl (C=O) groups excluding carboxylic acids is 1. The van der Waals surface area contributed by atoms with Crippen molar-refractivity contribution in [2.24, 2.45) is 0 Å². The van der Waals surface area contributed by atoms with Gasteiger partial charge in [-0.2, -0.15) is 0 Å². The minimum atomic E-state index is -1.69. The van der Waals surface area contributed by atoms with Crippen molar-refractivity contribution in [1.82, 2.24) is 0 Å². The molecule has 27 heavy (non-hydrogen) atoms. The first-order valence-corrected chi connectivity index (χ1v) is 15.1. The molecular formula is C20H34O5Si2. The predicted octanol–water partition coefficient (Wildman–Crippen LogP) is 4.42. The molecule has 1 aromatic carbocycles. The number of phenolic OH excluding ortho intramolecular Hbond substituents is 1. The quantitative estimate of drug-likeness (QED) is 0.239. The molecule has 0 saturated heterocycles.